The van der Waals surface area contributed by atoms with Gasteiger partial charge in [-0.3, -0.25) is 4.79 Å². The van der Waals surface area contributed by atoms with Gasteiger partial charge in [0.2, 0.25) is 0 Å². The molecular weight excluding hydrogens is 242 g/mol. The number of para-hydroxylation sites is 1. The quantitative estimate of drug-likeness (QED) is 0.796. The van der Waals surface area contributed by atoms with Crippen molar-refractivity contribution in [3.05, 3.63) is 45.8 Å². The zero-order valence-electron chi connectivity index (χ0n) is 11.4. The van der Waals surface area contributed by atoms with Crippen LogP contribution in [0.3, 0.4) is 0 Å². The van der Waals surface area contributed by atoms with E-state index < -0.39 is 5.63 Å². The molecule has 1 heterocycles. The Kier molecular flexibility index (Phi) is 3.69. The molecule has 2 rings (SSSR count). The van der Waals surface area contributed by atoms with Gasteiger partial charge in [0.15, 0.2) is 0 Å². The van der Waals surface area contributed by atoms with Gasteiger partial charge in [-0.15, -0.1) is 0 Å². The molecule has 100 valence electrons. The third-order valence-electron chi connectivity index (χ3n) is 3.24. The SMILES string of the molecule is CCN(CC)C(=O)c1cc2cccc(C)c2oc1=O. The molecule has 0 fully saturated rings. The molecule has 4 heteroatoms. The summed E-state index contributed by atoms with van der Waals surface area (Å²) < 4.78 is 5.28. The molecule has 0 N–H and O–H groups in total. The van der Waals surface area contributed by atoms with Crippen LogP contribution in [0.2, 0.25) is 0 Å². The van der Waals surface area contributed by atoms with E-state index in [4.69, 9.17) is 4.42 Å². The molecule has 1 amide bonds. The predicted octanol–water partition coefficient (Wildman–Crippen LogP) is 2.58. The van der Waals surface area contributed by atoms with E-state index in [0.717, 1.165) is 10.9 Å². The third-order valence-corrected chi connectivity index (χ3v) is 3.24. The standard InChI is InChI=1S/C15H17NO3/c1-4-16(5-2)14(17)12-9-11-8-6-7-10(3)13(11)19-15(12)18/h6-9H,4-5H2,1-3H3. The van der Waals surface area contributed by atoms with E-state index in [0.29, 0.717) is 18.7 Å². The number of aryl methyl sites for hydroxylation is 1. The number of benzene rings is 1. The molecule has 2 aromatic rings. The minimum Gasteiger partial charge on any atom is -0.422 e. The molecule has 0 aliphatic rings. The second-order valence-corrected chi connectivity index (χ2v) is 4.42. The van der Waals surface area contributed by atoms with Crippen LogP contribution < -0.4 is 5.63 Å². The number of fused-ring (bicyclic) bond motifs is 1. The maximum absolute atomic E-state index is 12.2. The second kappa shape index (κ2) is 5.26. The first-order valence-corrected chi connectivity index (χ1v) is 6.41. The van der Waals surface area contributed by atoms with Crippen molar-refractivity contribution in [3.8, 4) is 0 Å². The van der Waals surface area contributed by atoms with Crippen LogP contribution in [0.4, 0.5) is 0 Å². The molecule has 19 heavy (non-hydrogen) atoms. The number of amides is 1. The van der Waals surface area contributed by atoms with Crippen LogP contribution in [-0.4, -0.2) is 23.9 Å². The average Bonchev–Trinajstić information content (AvgIpc) is 2.40. The van der Waals surface area contributed by atoms with Crippen LogP contribution in [0, 0.1) is 6.92 Å². The van der Waals surface area contributed by atoms with Gasteiger partial charge < -0.3 is 9.32 Å². The fraction of sp³-hybridized carbons (Fsp3) is 0.333. The summed E-state index contributed by atoms with van der Waals surface area (Å²) in [6.45, 7) is 6.78. The van der Waals surface area contributed by atoms with Crippen molar-refractivity contribution in [1.29, 1.82) is 0 Å². The summed E-state index contributed by atoms with van der Waals surface area (Å²) in [4.78, 5) is 25.8. The van der Waals surface area contributed by atoms with E-state index in [1.165, 1.54) is 0 Å². The Labute approximate surface area is 111 Å². The normalized spacial score (nSPS) is 10.7. The van der Waals surface area contributed by atoms with E-state index in [1.807, 2.05) is 39.0 Å². The fourth-order valence-electron chi connectivity index (χ4n) is 2.12. The highest BCUT2D eigenvalue weighted by atomic mass is 16.4. The number of carbonyl (C=O) groups is 1. The lowest BCUT2D eigenvalue weighted by Crippen LogP contribution is -2.33. The zero-order valence-corrected chi connectivity index (χ0v) is 11.4. The van der Waals surface area contributed by atoms with Gasteiger partial charge in [0.1, 0.15) is 11.1 Å². The third kappa shape index (κ3) is 2.38. The number of rotatable bonds is 3. The van der Waals surface area contributed by atoms with Crippen LogP contribution in [-0.2, 0) is 0 Å². The van der Waals surface area contributed by atoms with Gasteiger partial charge in [-0.1, -0.05) is 18.2 Å². The summed E-state index contributed by atoms with van der Waals surface area (Å²) in [6.07, 6.45) is 0. The van der Waals surface area contributed by atoms with Crippen LogP contribution >= 0.6 is 0 Å². The summed E-state index contributed by atoms with van der Waals surface area (Å²) in [5.74, 6) is -0.276. The molecular formula is C15H17NO3. The van der Waals surface area contributed by atoms with E-state index >= 15 is 0 Å². The van der Waals surface area contributed by atoms with Crippen molar-refractivity contribution >= 4 is 16.9 Å². The fourth-order valence-corrected chi connectivity index (χ4v) is 2.12. The molecule has 0 atom stereocenters. The van der Waals surface area contributed by atoms with Crippen LogP contribution in [0.5, 0.6) is 0 Å². The van der Waals surface area contributed by atoms with Gasteiger partial charge in [0.05, 0.1) is 0 Å². The second-order valence-electron chi connectivity index (χ2n) is 4.42. The molecule has 0 bridgehead atoms. The Bertz CT molecular complexity index is 669. The Hall–Kier alpha value is -2.10. The van der Waals surface area contributed by atoms with Gasteiger partial charge in [-0.05, 0) is 32.4 Å². The van der Waals surface area contributed by atoms with Crippen molar-refractivity contribution in [1.82, 2.24) is 4.90 Å². The number of nitrogens with zero attached hydrogens (tertiary/aromatic N) is 1. The summed E-state index contributed by atoms with van der Waals surface area (Å²) in [6, 6.07) is 7.21. The molecule has 1 aromatic carbocycles. The van der Waals surface area contributed by atoms with Gasteiger partial charge in [-0.2, -0.15) is 0 Å². The predicted molar refractivity (Wildman–Crippen MR) is 74.5 cm³/mol. The van der Waals surface area contributed by atoms with E-state index in [9.17, 15) is 9.59 Å². The minimum absolute atomic E-state index is 0.0989. The van der Waals surface area contributed by atoms with Crippen molar-refractivity contribution < 1.29 is 9.21 Å². The Morgan fingerprint density at radius 1 is 1.26 bits per heavy atom. The summed E-state index contributed by atoms with van der Waals surface area (Å²) >= 11 is 0. The van der Waals surface area contributed by atoms with Gasteiger partial charge in [0.25, 0.3) is 5.91 Å². The molecule has 4 nitrogen and oxygen atoms in total. The highest BCUT2D eigenvalue weighted by Crippen LogP contribution is 2.17. The van der Waals surface area contributed by atoms with Crippen LogP contribution in [0.25, 0.3) is 11.0 Å². The zero-order chi connectivity index (χ0) is 14.0. The highest BCUT2D eigenvalue weighted by Gasteiger charge is 2.18. The first-order valence-electron chi connectivity index (χ1n) is 6.41. The van der Waals surface area contributed by atoms with Gasteiger partial charge >= 0.3 is 5.63 Å². The largest absolute Gasteiger partial charge is 0.422 e. The van der Waals surface area contributed by atoms with Gasteiger partial charge in [-0.25, -0.2) is 4.79 Å². The lowest BCUT2D eigenvalue weighted by Gasteiger charge is -2.17. The van der Waals surface area contributed by atoms with E-state index in [1.54, 1.807) is 11.0 Å². The molecule has 0 spiro atoms. The summed E-state index contributed by atoms with van der Waals surface area (Å²) in [7, 11) is 0. The molecule has 0 unspecified atom stereocenters. The molecule has 1 aromatic heterocycles. The smallest absolute Gasteiger partial charge is 0.349 e. The maximum atomic E-state index is 12.2. The number of carbonyl (C=O) groups excluding carboxylic acids is 1. The summed E-state index contributed by atoms with van der Waals surface area (Å²) in [5.41, 5.74) is 0.959. The van der Waals surface area contributed by atoms with E-state index in [2.05, 4.69) is 0 Å². The van der Waals surface area contributed by atoms with E-state index in [-0.39, 0.29) is 11.5 Å². The monoisotopic (exact) mass is 259 g/mol. The Morgan fingerprint density at radius 3 is 2.58 bits per heavy atom. The van der Waals surface area contributed by atoms with Crippen molar-refractivity contribution in [2.24, 2.45) is 0 Å². The molecule has 0 saturated carbocycles. The number of hydrogen-bond acceptors (Lipinski definition) is 3. The van der Waals surface area contributed by atoms with Crippen LogP contribution in [0.1, 0.15) is 29.8 Å². The highest BCUT2D eigenvalue weighted by molar-refractivity contribution is 5.96. The van der Waals surface area contributed by atoms with Crippen molar-refractivity contribution in [3.63, 3.8) is 0 Å². The maximum Gasteiger partial charge on any atom is 0.349 e. The van der Waals surface area contributed by atoms with Crippen LogP contribution in [0.15, 0.2) is 33.5 Å². The minimum atomic E-state index is -0.571. The Balaban J connectivity index is 2.59. The molecule has 0 aliphatic heterocycles. The topological polar surface area (TPSA) is 50.5 Å². The number of hydrogen-bond donors (Lipinski definition) is 0. The lowest BCUT2D eigenvalue weighted by atomic mass is 10.1. The first kappa shape index (κ1) is 13.3. The molecule has 0 saturated heterocycles. The molecule has 0 aliphatic carbocycles. The molecule has 0 radical (unpaired) electrons. The van der Waals surface area contributed by atoms with Crippen molar-refractivity contribution in [2.75, 3.05) is 13.1 Å². The lowest BCUT2D eigenvalue weighted by molar-refractivity contribution is 0.0769. The van der Waals surface area contributed by atoms with Gasteiger partial charge in [0, 0.05) is 18.5 Å². The average molecular weight is 259 g/mol. The van der Waals surface area contributed by atoms with Crippen molar-refractivity contribution in [2.45, 2.75) is 20.8 Å². The first-order chi connectivity index (χ1) is 9.08. The summed E-state index contributed by atoms with van der Waals surface area (Å²) in [5, 5.41) is 0.773. The Morgan fingerprint density at radius 2 is 1.95 bits per heavy atom.